The molecule has 0 saturated heterocycles. The summed E-state index contributed by atoms with van der Waals surface area (Å²) >= 11 is 0. The van der Waals surface area contributed by atoms with Crippen LogP contribution in [0.25, 0.3) is 21.5 Å². The number of fused-ring (bicyclic) bond motifs is 4. The highest BCUT2D eigenvalue weighted by Gasteiger charge is 2.36. The van der Waals surface area contributed by atoms with Crippen LogP contribution >= 0.6 is 0 Å². The second-order valence-electron chi connectivity index (χ2n) is 7.48. The molecule has 29 heavy (non-hydrogen) atoms. The maximum atomic E-state index is 12.8. The van der Waals surface area contributed by atoms with Gasteiger partial charge in [-0.2, -0.15) is 0 Å². The second-order valence-corrected chi connectivity index (χ2v) is 7.48. The lowest BCUT2D eigenvalue weighted by atomic mass is 9.94. The lowest BCUT2D eigenvalue weighted by molar-refractivity contribution is -0.128. The molecule has 5 nitrogen and oxygen atoms in total. The van der Waals surface area contributed by atoms with E-state index in [0.29, 0.717) is 17.0 Å². The summed E-state index contributed by atoms with van der Waals surface area (Å²) in [6.07, 6.45) is 4.14. The maximum Gasteiger partial charge on any atom is 0.385 e. The van der Waals surface area contributed by atoms with Crippen molar-refractivity contribution in [2.45, 2.75) is 39.5 Å². The van der Waals surface area contributed by atoms with Gasteiger partial charge >= 0.3 is 5.97 Å². The van der Waals surface area contributed by atoms with E-state index in [1.165, 1.54) is 0 Å². The number of anilines is 2. The zero-order chi connectivity index (χ0) is 20.4. The van der Waals surface area contributed by atoms with Crippen LogP contribution in [-0.4, -0.2) is 24.8 Å². The molecule has 1 aliphatic heterocycles. The third-order valence-electron chi connectivity index (χ3n) is 5.39. The number of hydrogen-bond donors (Lipinski definition) is 2. The second kappa shape index (κ2) is 8.11. The molecule has 0 bridgehead atoms. The fourth-order valence-electron chi connectivity index (χ4n) is 3.89. The summed E-state index contributed by atoms with van der Waals surface area (Å²) in [5, 5.41) is 10.7. The number of hydrogen-bond acceptors (Lipinski definition) is 5. The summed E-state index contributed by atoms with van der Waals surface area (Å²) in [6, 6.07) is 12.2. The molecular weight excluding hydrogens is 364 g/mol. The molecule has 3 aromatic rings. The van der Waals surface area contributed by atoms with E-state index in [2.05, 4.69) is 36.6 Å². The molecule has 0 saturated carbocycles. The molecule has 0 fully saturated rings. The van der Waals surface area contributed by atoms with Crippen LogP contribution in [0.2, 0.25) is 0 Å². The molecule has 0 atom stereocenters. The van der Waals surface area contributed by atoms with Gasteiger partial charge < -0.3 is 15.4 Å². The molecule has 1 heterocycles. The molecule has 5 heteroatoms. The van der Waals surface area contributed by atoms with Crippen molar-refractivity contribution in [1.29, 1.82) is 0 Å². The maximum absolute atomic E-state index is 12.8. The highest BCUT2D eigenvalue weighted by Crippen LogP contribution is 2.45. The van der Waals surface area contributed by atoms with Gasteiger partial charge in [-0.1, -0.05) is 51.0 Å². The number of ketones is 1. The van der Waals surface area contributed by atoms with Gasteiger partial charge in [0.05, 0.1) is 16.9 Å². The number of carbonyl (C=O) groups is 2. The average Bonchev–Trinajstić information content (AvgIpc) is 3.02. The minimum absolute atomic E-state index is 0.359. The topological polar surface area (TPSA) is 67.4 Å². The van der Waals surface area contributed by atoms with Crippen molar-refractivity contribution < 1.29 is 14.3 Å². The first kappa shape index (κ1) is 19.2. The van der Waals surface area contributed by atoms with Gasteiger partial charge in [0.15, 0.2) is 5.75 Å². The van der Waals surface area contributed by atoms with Crippen molar-refractivity contribution in [2.75, 3.05) is 23.7 Å². The van der Waals surface area contributed by atoms with Crippen LogP contribution in [0.1, 0.15) is 49.9 Å². The summed E-state index contributed by atoms with van der Waals surface area (Å²) in [6.45, 7) is 5.82. The zero-order valence-corrected chi connectivity index (χ0v) is 16.9. The third kappa shape index (κ3) is 3.41. The van der Waals surface area contributed by atoms with Crippen LogP contribution < -0.4 is 15.4 Å². The van der Waals surface area contributed by atoms with Gasteiger partial charge in [-0.25, -0.2) is 4.79 Å². The Labute approximate surface area is 170 Å². The SMILES string of the molecule is CCCCNc1cc2cc3ccccc3c(NCCCC)c2c2c1OC(=O)C2=O. The van der Waals surface area contributed by atoms with Crippen LogP contribution in [0.3, 0.4) is 0 Å². The van der Waals surface area contributed by atoms with Crippen LogP contribution in [0, 0.1) is 0 Å². The Balaban J connectivity index is 1.99. The molecule has 2 N–H and O–H groups in total. The first-order valence-electron chi connectivity index (χ1n) is 10.4. The van der Waals surface area contributed by atoms with Crippen LogP contribution in [0.4, 0.5) is 11.4 Å². The largest absolute Gasteiger partial charge is 0.417 e. The Morgan fingerprint density at radius 3 is 2.38 bits per heavy atom. The van der Waals surface area contributed by atoms with Gasteiger partial charge in [-0.15, -0.1) is 0 Å². The molecule has 4 rings (SSSR count). The quantitative estimate of drug-likeness (QED) is 0.174. The van der Waals surface area contributed by atoms with E-state index in [1.54, 1.807) is 0 Å². The number of ether oxygens (including phenoxy) is 1. The molecule has 0 spiro atoms. The monoisotopic (exact) mass is 390 g/mol. The van der Waals surface area contributed by atoms with Gasteiger partial charge in [0.1, 0.15) is 0 Å². The first-order valence-corrected chi connectivity index (χ1v) is 10.4. The van der Waals surface area contributed by atoms with E-state index in [9.17, 15) is 9.59 Å². The van der Waals surface area contributed by atoms with Gasteiger partial charge in [0.2, 0.25) is 0 Å². The predicted molar refractivity (Wildman–Crippen MR) is 118 cm³/mol. The first-order chi connectivity index (χ1) is 14.2. The smallest absolute Gasteiger partial charge is 0.385 e. The highest BCUT2D eigenvalue weighted by molar-refractivity contribution is 6.48. The molecular formula is C24H26N2O3. The van der Waals surface area contributed by atoms with Gasteiger partial charge in [0, 0.05) is 23.9 Å². The van der Waals surface area contributed by atoms with Crippen molar-refractivity contribution in [1.82, 2.24) is 0 Å². The molecule has 150 valence electrons. The summed E-state index contributed by atoms with van der Waals surface area (Å²) in [4.78, 5) is 25.0. The summed E-state index contributed by atoms with van der Waals surface area (Å²) in [7, 11) is 0. The van der Waals surface area contributed by atoms with E-state index in [1.807, 2.05) is 24.3 Å². The number of carbonyl (C=O) groups excluding carboxylic acids is 2. The fraction of sp³-hybridized carbons (Fsp3) is 0.333. The molecule has 0 aliphatic carbocycles. The van der Waals surface area contributed by atoms with Crippen molar-refractivity contribution in [3.8, 4) is 5.75 Å². The van der Waals surface area contributed by atoms with Crippen molar-refractivity contribution in [3.05, 3.63) is 42.0 Å². The van der Waals surface area contributed by atoms with Crippen LogP contribution in [-0.2, 0) is 4.79 Å². The number of Topliss-reactive ketones (excluding diaryl/α,β-unsaturated/α-hetero) is 1. The van der Waals surface area contributed by atoms with Crippen molar-refractivity contribution >= 4 is 44.7 Å². The number of nitrogens with one attached hydrogen (secondary N) is 2. The fourth-order valence-corrected chi connectivity index (χ4v) is 3.89. The molecule has 0 unspecified atom stereocenters. The van der Waals surface area contributed by atoms with Crippen molar-refractivity contribution in [3.63, 3.8) is 0 Å². The van der Waals surface area contributed by atoms with E-state index in [4.69, 9.17) is 4.74 Å². The molecule has 3 aromatic carbocycles. The predicted octanol–water partition coefficient (Wildman–Crippen LogP) is 5.52. The molecule has 1 aliphatic rings. The van der Waals surface area contributed by atoms with Gasteiger partial charge in [0.25, 0.3) is 5.78 Å². The highest BCUT2D eigenvalue weighted by atomic mass is 16.5. The Morgan fingerprint density at radius 2 is 1.62 bits per heavy atom. The lowest BCUT2D eigenvalue weighted by Crippen LogP contribution is -2.11. The van der Waals surface area contributed by atoms with E-state index in [-0.39, 0.29) is 0 Å². The lowest BCUT2D eigenvalue weighted by Gasteiger charge is -2.17. The minimum Gasteiger partial charge on any atom is -0.417 e. The van der Waals surface area contributed by atoms with E-state index in [0.717, 1.165) is 66.0 Å². The molecule has 0 radical (unpaired) electrons. The molecule has 0 aromatic heterocycles. The number of esters is 1. The Morgan fingerprint density at radius 1 is 0.897 bits per heavy atom. The normalized spacial score (nSPS) is 13.0. The Bertz CT molecular complexity index is 1100. The van der Waals surface area contributed by atoms with E-state index >= 15 is 0 Å². The number of rotatable bonds is 8. The summed E-state index contributed by atoms with van der Waals surface area (Å²) in [5.74, 6) is -1.02. The summed E-state index contributed by atoms with van der Waals surface area (Å²) < 4.78 is 5.40. The van der Waals surface area contributed by atoms with Crippen molar-refractivity contribution in [2.24, 2.45) is 0 Å². The zero-order valence-electron chi connectivity index (χ0n) is 16.9. The Hall–Kier alpha value is -3.08. The van der Waals surface area contributed by atoms with Gasteiger partial charge in [-0.05, 0) is 35.7 Å². The van der Waals surface area contributed by atoms with Gasteiger partial charge in [-0.3, -0.25) is 4.79 Å². The van der Waals surface area contributed by atoms with Crippen LogP contribution in [0.5, 0.6) is 5.75 Å². The molecule has 0 amide bonds. The van der Waals surface area contributed by atoms with Crippen LogP contribution in [0.15, 0.2) is 36.4 Å². The summed E-state index contributed by atoms with van der Waals surface area (Å²) in [5.41, 5.74) is 1.97. The Kier molecular flexibility index (Phi) is 5.38. The number of benzene rings is 3. The number of unbranched alkanes of at least 4 members (excludes halogenated alkanes) is 2. The third-order valence-corrected chi connectivity index (χ3v) is 5.39. The van der Waals surface area contributed by atoms with E-state index < -0.39 is 11.8 Å². The minimum atomic E-state index is -0.807. The average molecular weight is 390 g/mol. The standard InChI is InChI=1S/C24H26N2O3/c1-3-5-11-25-18-14-16-13-15-9-7-8-10-17(15)21(26-12-6-4-2)19(16)20-22(27)24(28)29-23(18)20/h7-10,13-14,25-26H,3-6,11-12H2,1-2H3.